The molecule has 0 saturated heterocycles. The largest absolute Gasteiger partial charge is 0.361 e. The molecule has 1 aliphatic rings. The lowest BCUT2D eigenvalue weighted by Gasteiger charge is -2.24. The van der Waals surface area contributed by atoms with Crippen LogP contribution in [0.15, 0.2) is 60.8 Å². The molecule has 0 aliphatic heterocycles. The zero-order valence-electron chi connectivity index (χ0n) is 21.2. The van der Waals surface area contributed by atoms with Gasteiger partial charge in [0.15, 0.2) is 5.78 Å². The van der Waals surface area contributed by atoms with E-state index in [-0.39, 0.29) is 31.1 Å². The molecule has 3 aromatic rings. The Bertz CT molecular complexity index is 1300. The van der Waals surface area contributed by atoms with E-state index >= 15 is 0 Å². The zero-order chi connectivity index (χ0) is 26.9. The normalized spacial score (nSPS) is 14.9. The van der Waals surface area contributed by atoms with Gasteiger partial charge in [0, 0.05) is 41.5 Å². The average Bonchev–Trinajstić information content (AvgIpc) is 3.62. The number of aromatic amines is 1. The molecule has 9 nitrogen and oxygen atoms in total. The van der Waals surface area contributed by atoms with E-state index in [2.05, 4.69) is 20.9 Å². The summed E-state index contributed by atoms with van der Waals surface area (Å²) in [5.74, 6) is -1.71. The van der Waals surface area contributed by atoms with Gasteiger partial charge in [-0.15, -0.1) is 0 Å². The topological polar surface area (TPSA) is 144 Å². The molecule has 1 aromatic heterocycles. The lowest BCUT2D eigenvalue weighted by atomic mass is 10.0. The van der Waals surface area contributed by atoms with E-state index in [1.807, 2.05) is 36.5 Å². The summed E-state index contributed by atoms with van der Waals surface area (Å²) in [6, 6.07) is 14.6. The molecular weight excluding hydrogens is 482 g/mol. The van der Waals surface area contributed by atoms with Crippen molar-refractivity contribution in [2.24, 2.45) is 5.92 Å². The third-order valence-corrected chi connectivity index (χ3v) is 6.97. The third kappa shape index (κ3) is 6.94. The van der Waals surface area contributed by atoms with Gasteiger partial charge >= 0.3 is 0 Å². The number of carbonyl (C=O) groups excluding carboxylic acids is 4. The monoisotopic (exact) mass is 515 g/mol. The van der Waals surface area contributed by atoms with Crippen LogP contribution in [0.3, 0.4) is 0 Å². The molecular formula is C29H33N5O4. The predicted octanol–water partition coefficient (Wildman–Crippen LogP) is 3.51. The smallest absolute Gasteiger partial charge is 0.246 e. The lowest BCUT2D eigenvalue weighted by molar-refractivity contribution is -0.132. The highest BCUT2D eigenvalue weighted by atomic mass is 16.2. The van der Waals surface area contributed by atoms with E-state index in [4.69, 9.17) is 5.41 Å². The van der Waals surface area contributed by atoms with Gasteiger partial charge < -0.3 is 26.3 Å². The van der Waals surface area contributed by atoms with Crippen LogP contribution in [0.4, 0.5) is 5.69 Å². The first-order valence-corrected chi connectivity index (χ1v) is 13.0. The average molecular weight is 516 g/mol. The van der Waals surface area contributed by atoms with Gasteiger partial charge in [0.1, 0.15) is 12.1 Å². The highest BCUT2D eigenvalue weighted by Gasteiger charge is 2.31. The summed E-state index contributed by atoms with van der Waals surface area (Å²) in [6.45, 7) is 0. The van der Waals surface area contributed by atoms with E-state index in [0.717, 1.165) is 42.1 Å². The second-order valence-electron chi connectivity index (χ2n) is 9.67. The Labute approximate surface area is 221 Å². The fourth-order valence-corrected chi connectivity index (χ4v) is 4.86. The summed E-state index contributed by atoms with van der Waals surface area (Å²) in [7, 11) is 0. The first-order chi connectivity index (χ1) is 18.4. The standard InChI is InChI=1S/C29H33N5O4/c30-17-22(35)14-15-25(28(37)32-21-10-2-1-3-11-21)33-29(38)26(34-27(36)19-8-4-5-9-19)16-20-18-31-24-13-7-6-12-23(20)24/h1-3,6-7,10-13,17-19,25-26,30-31H,4-5,8-9,14-16H2,(H,32,37)(H,33,38)(H,34,36)/t25-,26-/m0/s1. The first kappa shape index (κ1) is 26.8. The van der Waals surface area contributed by atoms with Crippen LogP contribution < -0.4 is 16.0 Å². The number of Topliss-reactive ketones (excluding diaryl/α,β-unsaturated/α-hetero) is 1. The van der Waals surface area contributed by atoms with Crippen LogP contribution in [0.1, 0.15) is 44.1 Å². The maximum atomic E-state index is 13.6. The second-order valence-corrected chi connectivity index (χ2v) is 9.67. The predicted molar refractivity (Wildman–Crippen MR) is 146 cm³/mol. The highest BCUT2D eigenvalue weighted by Crippen LogP contribution is 2.25. The maximum Gasteiger partial charge on any atom is 0.246 e. The van der Waals surface area contributed by atoms with Crippen molar-refractivity contribution in [1.29, 1.82) is 5.41 Å². The van der Waals surface area contributed by atoms with Crippen molar-refractivity contribution in [2.75, 3.05) is 5.32 Å². The number of para-hydroxylation sites is 2. The summed E-state index contributed by atoms with van der Waals surface area (Å²) in [6.07, 6.45) is 6.28. The molecule has 2 aromatic carbocycles. The minimum absolute atomic E-state index is 0.0228. The highest BCUT2D eigenvalue weighted by molar-refractivity contribution is 6.26. The number of anilines is 1. The molecule has 38 heavy (non-hydrogen) atoms. The summed E-state index contributed by atoms with van der Waals surface area (Å²) in [5.41, 5.74) is 2.35. The molecule has 0 bridgehead atoms. The molecule has 1 aliphatic carbocycles. The summed E-state index contributed by atoms with van der Waals surface area (Å²) >= 11 is 0. The number of aromatic nitrogens is 1. The van der Waals surface area contributed by atoms with Gasteiger partial charge in [0.25, 0.3) is 0 Å². The van der Waals surface area contributed by atoms with Gasteiger partial charge in [-0.1, -0.05) is 49.2 Å². The Morgan fingerprint density at radius 2 is 1.63 bits per heavy atom. The van der Waals surface area contributed by atoms with Crippen LogP contribution in [0.25, 0.3) is 10.9 Å². The van der Waals surface area contributed by atoms with Crippen molar-refractivity contribution in [3.05, 3.63) is 66.4 Å². The molecule has 1 saturated carbocycles. The van der Waals surface area contributed by atoms with Crippen molar-refractivity contribution in [3.63, 3.8) is 0 Å². The minimum atomic E-state index is -1.03. The van der Waals surface area contributed by atoms with E-state index in [1.165, 1.54) is 0 Å². The quantitative estimate of drug-likeness (QED) is 0.235. The van der Waals surface area contributed by atoms with Crippen molar-refractivity contribution >= 4 is 46.3 Å². The molecule has 9 heteroatoms. The van der Waals surface area contributed by atoms with Gasteiger partial charge in [-0.05, 0) is 43.0 Å². The second kappa shape index (κ2) is 12.8. The van der Waals surface area contributed by atoms with Crippen LogP contribution in [0.2, 0.25) is 0 Å². The summed E-state index contributed by atoms with van der Waals surface area (Å²) in [4.78, 5) is 54.7. The van der Waals surface area contributed by atoms with Crippen LogP contribution in [-0.2, 0) is 25.6 Å². The number of hydrogen-bond acceptors (Lipinski definition) is 5. The number of amides is 3. The van der Waals surface area contributed by atoms with Gasteiger partial charge in [-0.25, -0.2) is 0 Å². The van der Waals surface area contributed by atoms with Crippen molar-refractivity contribution in [1.82, 2.24) is 15.6 Å². The van der Waals surface area contributed by atoms with E-state index in [9.17, 15) is 19.2 Å². The van der Waals surface area contributed by atoms with Crippen molar-refractivity contribution < 1.29 is 19.2 Å². The van der Waals surface area contributed by atoms with E-state index < -0.39 is 29.7 Å². The number of ketones is 1. The molecule has 1 fully saturated rings. The van der Waals surface area contributed by atoms with Crippen LogP contribution in [0.5, 0.6) is 0 Å². The van der Waals surface area contributed by atoms with Crippen molar-refractivity contribution in [2.45, 2.75) is 57.0 Å². The van der Waals surface area contributed by atoms with Gasteiger partial charge in [-0.3, -0.25) is 19.2 Å². The van der Waals surface area contributed by atoms with Gasteiger partial charge in [0.05, 0.1) is 6.21 Å². The fraction of sp³-hybridized carbons (Fsp3) is 0.345. The third-order valence-electron chi connectivity index (χ3n) is 6.97. The van der Waals surface area contributed by atoms with Gasteiger partial charge in [-0.2, -0.15) is 0 Å². The molecule has 0 spiro atoms. The van der Waals surface area contributed by atoms with E-state index in [1.54, 1.807) is 24.3 Å². The number of fused-ring (bicyclic) bond motifs is 1. The molecule has 2 atom stereocenters. The maximum absolute atomic E-state index is 13.6. The Kier molecular flexibility index (Phi) is 9.02. The fourth-order valence-electron chi connectivity index (χ4n) is 4.86. The molecule has 3 amide bonds. The molecule has 5 N–H and O–H groups in total. The molecule has 1 heterocycles. The van der Waals surface area contributed by atoms with Crippen LogP contribution >= 0.6 is 0 Å². The number of nitrogens with one attached hydrogen (secondary N) is 5. The Morgan fingerprint density at radius 1 is 0.921 bits per heavy atom. The number of carbonyl (C=O) groups is 4. The Balaban J connectivity index is 1.54. The molecule has 198 valence electrons. The summed E-state index contributed by atoms with van der Waals surface area (Å²) < 4.78 is 0. The SMILES string of the molecule is N=CC(=O)CC[C@H](NC(=O)[C@H](Cc1c[nH]c2ccccc12)NC(=O)C1CCCC1)C(=O)Nc1ccccc1. The summed E-state index contributed by atoms with van der Waals surface area (Å²) in [5, 5.41) is 16.6. The van der Waals surface area contributed by atoms with Crippen LogP contribution in [0, 0.1) is 11.3 Å². The minimum Gasteiger partial charge on any atom is -0.361 e. The Morgan fingerprint density at radius 3 is 2.37 bits per heavy atom. The van der Waals surface area contributed by atoms with Gasteiger partial charge in [0.2, 0.25) is 17.7 Å². The Hall–Kier alpha value is -4.27. The molecule has 0 radical (unpaired) electrons. The van der Waals surface area contributed by atoms with Crippen LogP contribution in [-0.4, -0.2) is 46.8 Å². The van der Waals surface area contributed by atoms with Crippen molar-refractivity contribution in [3.8, 4) is 0 Å². The first-order valence-electron chi connectivity index (χ1n) is 13.0. The zero-order valence-corrected chi connectivity index (χ0v) is 21.2. The molecule has 0 unspecified atom stereocenters. The number of hydrogen-bond donors (Lipinski definition) is 5. The number of H-pyrrole nitrogens is 1. The molecule has 4 rings (SSSR count). The lowest BCUT2D eigenvalue weighted by Crippen LogP contribution is -2.54. The number of rotatable bonds is 12. The van der Waals surface area contributed by atoms with E-state index in [0.29, 0.717) is 11.9 Å². The number of benzene rings is 2.